The second kappa shape index (κ2) is 5.09. The van der Waals surface area contributed by atoms with E-state index in [1.165, 1.54) is 7.05 Å². The molecule has 106 valence electrons. The average Bonchev–Trinajstić information content (AvgIpc) is 2.94. The predicted octanol–water partition coefficient (Wildman–Crippen LogP) is 1.08. The van der Waals surface area contributed by atoms with Crippen molar-refractivity contribution in [2.75, 3.05) is 30.7 Å². The zero-order valence-electron chi connectivity index (χ0n) is 11.2. The van der Waals surface area contributed by atoms with Crippen LogP contribution in [0.3, 0.4) is 0 Å². The highest BCUT2D eigenvalue weighted by Crippen LogP contribution is 2.28. The molecule has 1 aromatic heterocycles. The van der Waals surface area contributed by atoms with E-state index in [0.717, 1.165) is 47.8 Å². The average molecular weight is 303 g/mol. The van der Waals surface area contributed by atoms with Crippen molar-refractivity contribution in [2.24, 2.45) is 0 Å². The highest BCUT2D eigenvalue weighted by Gasteiger charge is 2.26. The molecule has 6 nitrogen and oxygen atoms in total. The Bertz CT molecular complexity index is 588. The molecule has 2 heterocycles. The molecule has 2 rings (SSSR count). The molecule has 0 saturated carbocycles. The topological polar surface area (TPSA) is 70.6 Å². The number of rotatable bonds is 3. The molecule has 0 aliphatic carbocycles. The lowest BCUT2D eigenvalue weighted by atomic mass is 10.3. The summed E-state index contributed by atoms with van der Waals surface area (Å²) < 4.78 is 24.1. The molecular formula is C11H17N3O3S2. The summed E-state index contributed by atoms with van der Waals surface area (Å²) in [7, 11) is -1.91. The number of hydrogen-bond donors (Lipinski definition) is 0. The molecule has 1 aliphatic heterocycles. The van der Waals surface area contributed by atoms with Gasteiger partial charge in [0.05, 0.1) is 11.9 Å². The number of sulfonamides is 1. The third-order valence-corrected chi connectivity index (χ3v) is 5.64. The van der Waals surface area contributed by atoms with Gasteiger partial charge in [-0.15, -0.1) is 0 Å². The molecule has 19 heavy (non-hydrogen) atoms. The number of thiazole rings is 1. The van der Waals surface area contributed by atoms with Gasteiger partial charge >= 0.3 is 0 Å². The molecule has 1 saturated heterocycles. The first-order valence-electron chi connectivity index (χ1n) is 6.01. The Morgan fingerprint density at radius 2 is 1.95 bits per heavy atom. The Morgan fingerprint density at radius 3 is 2.47 bits per heavy atom. The number of carbonyl (C=O) groups is 1. The van der Waals surface area contributed by atoms with E-state index < -0.39 is 10.0 Å². The molecule has 0 bridgehead atoms. The highest BCUT2D eigenvalue weighted by molar-refractivity contribution is 7.92. The number of carbonyl (C=O) groups excluding carboxylic acids is 1. The maximum Gasteiger partial charge on any atom is 0.265 e. The second-order valence-corrected chi connectivity index (χ2v) is 7.63. The van der Waals surface area contributed by atoms with Gasteiger partial charge in [0, 0.05) is 20.1 Å². The van der Waals surface area contributed by atoms with Crippen molar-refractivity contribution >= 4 is 32.4 Å². The van der Waals surface area contributed by atoms with Crippen LogP contribution in [0.5, 0.6) is 0 Å². The first-order chi connectivity index (χ1) is 8.80. The number of nitrogens with zero attached hydrogens (tertiary/aromatic N) is 3. The molecule has 0 aromatic carbocycles. The van der Waals surface area contributed by atoms with E-state index in [0.29, 0.717) is 15.7 Å². The number of anilines is 1. The second-order valence-electron chi connectivity index (χ2n) is 4.64. The third kappa shape index (κ3) is 2.89. The number of aryl methyl sites for hydroxylation is 1. The first kappa shape index (κ1) is 14.3. The maximum absolute atomic E-state index is 12.3. The van der Waals surface area contributed by atoms with Gasteiger partial charge in [0.25, 0.3) is 5.91 Å². The minimum absolute atomic E-state index is 0.0411. The number of likely N-dealkylation sites (tertiary alicyclic amines) is 1. The van der Waals surface area contributed by atoms with Gasteiger partial charge in [-0.05, 0) is 19.8 Å². The fourth-order valence-corrected chi connectivity index (χ4v) is 3.67. The summed E-state index contributed by atoms with van der Waals surface area (Å²) in [6, 6.07) is 0. The van der Waals surface area contributed by atoms with E-state index in [9.17, 15) is 13.2 Å². The fraction of sp³-hybridized carbons (Fsp3) is 0.636. The van der Waals surface area contributed by atoms with Crippen molar-refractivity contribution in [2.45, 2.75) is 19.8 Å². The zero-order chi connectivity index (χ0) is 14.2. The van der Waals surface area contributed by atoms with Crippen LogP contribution in [0.25, 0.3) is 0 Å². The van der Waals surface area contributed by atoms with Crippen LogP contribution in [0.2, 0.25) is 0 Å². The molecule has 1 fully saturated rings. The van der Waals surface area contributed by atoms with Gasteiger partial charge in [-0.3, -0.25) is 4.79 Å². The fourth-order valence-electron chi connectivity index (χ4n) is 1.92. The summed E-state index contributed by atoms with van der Waals surface area (Å²) >= 11 is 1.13. The molecule has 1 aromatic rings. The molecule has 0 unspecified atom stereocenters. The Hall–Kier alpha value is -1.15. The minimum atomic E-state index is -3.35. The van der Waals surface area contributed by atoms with E-state index in [2.05, 4.69) is 4.98 Å². The van der Waals surface area contributed by atoms with Crippen molar-refractivity contribution < 1.29 is 13.2 Å². The number of aromatic nitrogens is 1. The number of amides is 1. The van der Waals surface area contributed by atoms with Crippen LogP contribution in [-0.2, 0) is 10.0 Å². The normalized spacial score (nSPS) is 15.8. The lowest BCUT2D eigenvalue weighted by Crippen LogP contribution is -2.27. The van der Waals surface area contributed by atoms with Crippen LogP contribution in [0.4, 0.5) is 5.13 Å². The van der Waals surface area contributed by atoms with E-state index >= 15 is 0 Å². The van der Waals surface area contributed by atoms with Gasteiger partial charge in [-0.1, -0.05) is 11.3 Å². The zero-order valence-corrected chi connectivity index (χ0v) is 12.8. The summed E-state index contributed by atoms with van der Waals surface area (Å²) in [6.45, 7) is 3.28. The standard InChI is InChI=1S/C11H17N3O3S2/c1-8-9(10(15)14-6-4-5-7-14)18-11(12-8)13(2)19(3,16)17/h4-7H2,1-3H3. The van der Waals surface area contributed by atoms with Crippen molar-refractivity contribution in [1.29, 1.82) is 0 Å². The molecule has 0 radical (unpaired) electrons. The lowest BCUT2D eigenvalue weighted by molar-refractivity contribution is 0.0796. The Kier molecular flexibility index (Phi) is 3.82. The van der Waals surface area contributed by atoms with E-state index in [1.807, 2.05) is 0 Å². The smallest absolute Gasteiger partial charge is 0.265 e. The lowest BCUT2D eigenvalue weighted by Gasteiger charge is -2.14. The van der Waals surface area contributed by atoms with Gasteiger partial charge in [0.2, 0.25) is 10.0 Å². The van der Waals surface area contributed by atoms with Gasteiger partial charge in [0.1, 0.15) is 4.88 Å². The van der Waals surface area contributed by atoms with Gasteiger partial charge in [0.15, 0.2) is 5.13 Å². The van der Waals surface area contributed by atoms with Crippen molar-refractivity contribution in [1.82, 2.24) is 9.88 Å². The largest absolute Gasteiger partial charge is 0.338 e. The minimum Gasteiger partial charge on any atom is -0.338 e. The summed E-state index contributed by atoms with van der Waals surface area (Å²) in [6.07, 6.45) is 3.17. The van der Waals surface area contributed by atoms with Crippen LogP contribution in [0.1, 0.15) is 28.2 Å². The monoisotopic (exact) mass is 303 g/mol. The molecule has 0 spiro atoms. The first-order valence-corrected chi connectivity index (χ1v) is 8.68. The van der Waals surface area contributed by atoms with Crippen LogP contribution in [0, 0.1) is 6.92 Å². The van der Waals surface area contributed by atoms with Gasteiger partial charge in [-0.2, -0.15) is 0 Å². The molecular weight excluding hydrogens is 286 g/mol. The summed E-state index contributed by atoms with van der Waals surface area (Å²) in [5.74, 6) is -0.0411. The summed E-state index contributed by atoms with van der Waals surface area (Å²) in [4.78, 5) is 18.8. The molecule has 0 N–H and O–H groups in total. The molecule has 1 amide bonds. The van der Waals surface area contributed by atoms with Gasteiger partial charge < -0.3 is 4.90 Å². The quantitative estimate of drug-likeness (QED) is 0.838. The Labute approximate surface area is 117 Å². The SMILES string of the molecule is Cc1nc(N(C)S(C)(=O)=O)sc1C(=O)N1CCCC1. The van der Waals surface area contributed by atoms with E-state index in [4.69, 9.17) is 0 Å². The van der Waals surface area contributed by atoms with Crippen LogP contribution < -0.4 is 4.31 Å². The van der Waals surface area contributed by atoms with Crippen molar-refractivity contribution in [3.05, 3.63) is 10.6 Å². The predicted molar refractivity (Wildman–Crippen MR) is 75.2 cm³/mol. The Balaban J connectivity index is 2.28. The van der Waals surface area contributed by atoms with Crippen LogP contribution in [-0.4, -0.2) is 50.6 Å². The molecule has 0 atom stereocenters. The molecule has 8 heteroatoms. The molecule has 1 aliphatic rings. The van der Waals surface area contributed by atoms with Crippen molar-refractivity contribution in [3.8, 4) is 0 Å². The van der Waals surface area contributed by atoms with Crippen LogP contribution >= 0.6 is 11.3 Å². The highest BCUT2D eigenvalue weighted by atomic mass is 32.2. The van der Waals surface area contributed by atoms with E-state index in [-0.39, 0.29) is 5.91 Å². The summed E-state index contributed by atoms with van der Waals surface area (Å²) in [5.41, 5.74) is 0.590. The maximum atomic E-state index is 12.3. The number of hydrogen-bond acceptors (Lipinski definition) is 5. The summed E-state index contributed by atoms with van der Waals surface area (Å²) in [5, 5.41) is 0.336. The van der Waals surface area contributed by atoms with E-state index in [1.54, 1.807) is 11.8 Å². The van der Waals surface area contributed by atoms with Crippen molar-refractivity contribution in [3.63, 3.8) is 0 Å². The third-order valence-electron chi connectivity index (χ3n) is 3.14. The Morgan fingerprint density at radius 1 is 1.37 bits per heavy atom. The van der Waals surface area contributed by atoms with Gasteiger partial charge in [-0.25, -0.2) is 17.7 Å². The van der Waals surface area contributed by atoms with Crippen LogP contribution in [0.15, 0.2) is 0 Å².